The topological polar surface area (TPSA) is 46.1 Å². The summed E-state index contributed by atoms with van der Waals surface area (Å²) in [6.07, 6.45) is 1.06. The van der Waals surface area contributed by atoms with E-state index in [4.69, 9.17) is 17.0 Å². The number of aromatic amines is 1. The second-order valence-corrected chi connectivity index (χ2v) is 4.29. The zero-order valence-corrected chi connectivity index (χ0v) is 10.6. The Morgan fingerprint density at radius 1 is 1.56 bits per heavy atom. The molecule has 2 rings (SSSR count). The van der Waals surface area contributed by atoms with E-state index in [0.717, 1.165) is 38.7 Å². The van der Waals surface area contributed by atoms with Gasteiger partial charge in [-0.15, -0.1) is 5.10 Å². The third kappa shape index (κ3) is 1.99. The van der Waals surface area contributed by atoms with Crippen LogP contribution in [-0.2, 0) is 11.3 Å². The van der Waals surface area contributed by atoms with Gasteiger partial charge in [0.1, 0.15) is 0 Å². The average Bonchev–Trinajstić information content (AvgIpc) is 2.70. The first-order chi connectivity index (χ1) is 7.77. The second-order valence-electron chi connectivity index (χ2n) is 3.90. The van der Waals surface area contributed by atoms with Gasteiger partial charge in [-0.25, -0.2) is 5.10 Å². The molecule has 0 saturated carbocycles. The summed E-state index contributed by atoms with van der Waals surface area (Å²) < 4.78 is 8.21. The predicted octanol–water partition coefficient (Wildman–Crippen LogP) is 1.58. The molecule has 90 valence electrons. The Balaban J connectivity index is 2.30. The Kier molecular flexibility index (Phi) is 3.60. The largest absolute Gasteiger partial charge is 0.377 e. The zero-order valence-electron chi connectivity index (χ0n) is 9.77. The Morgan fingerprint density at radius 3 is 3.06 bits per heavy atom. The van der Waals surface area contributed by atoms with E-state index in [1.165, 1.54) is 0 Å². The molecular weight excluding hydrogens is 224 g/mol. The maximum absolute atomic E-state index is 5.49. The molecule has 1 aliphatic heterocycles. The van der Waals surface area contributed by atoms with Gasteiger partial charge in [-0.2, -0.15) is 0 Å². The smallest absolute Gasteiger partial charge is 0.226 e. The summed E-state index contributed by atoms with van der Waals surface area (Å²) in [5.41, 5.74) is 0. The monoisotopic (exact) mass is 242 g/mol. The fourth-order valence-electron chi connectivity index (χ4n) is 2.07. The Bertz CT molecular complexity index is 400. The molecule has 1 fully saturated rings. The molecule has 1 saturated heterocycles. The molecule has 16 heavy (non-hydrogen) atoms. The van der Waals surface area contributed by atoms with Crippen molar-refractivity contribution in [2.45, 2.75) is 32.9 Å². The minimum atomic E-state index is 0.407. The van der Waals surface area contributed by atoms with Gasteiger partial charge < -0.3 is 9.64 Å². The maximum atomic E-state index is 5.49. The summed E-state index contributed by atoms with van der Waals surface area (Å²) in [5.74, 6) is 0.947. The summed E-state index contributed by atoms with van der Waals surface area (Å²) in [6, 6.07) is 0.407. The number of rotatable bonds is 3. The predicted molar refractivity (Wildman–Crippen MR) is 65.3 cm³/mol. The number of hydrogen-bond donors (Lipinski definition) is 1. The van der Waals surface area contributed by atoms with Crippen molar-refractivity contribution < 1.29 is 4.74 Å². The van der Waals surface area contributed by atoms with Crippen LogP contribution in [0.5, 0.6) is 0 Å². The van der Waals surface area contributed by atoms with Gasteiger partial charge in [0.25, 0.3) is 0 Å². The molecule has 1 aromatic heterocycles. The molecule has 1 aromatic rings. The summed E-state index contributed by atoms with van der Waals surface area (Å²) in [6.45, 7) is 7.52. The molecule has 5 nitrogen and oxygen atoms in total. The van der Waals surface area contributed by atoms with E-state index in [9.17, 15) is 0 Å². The average molecular weight is 242 g/mol. The van der Waals surface area contributed by atoms with Gasteiger partial charge in [0.2, 0.25) is 5.95 Å². The van der Waals surface area contributed by atoms with Gasteiger partial charge in [-0.05, 0) is 25.6 Å². The van der Waals surface area contributed by atoms with E-state index in [-0.39, 0.29) is 0 Å². The third-order valence-electron chi connectivity index (χ3n) is 3.01. The van der Waals surface area contributed by atoms with Crippen LogP contribution in [0.25, 0.3) is 0 Å². The Hall–Kier alpha value is -0.880. The number of aromatic nitrogens is 3. The van der Waals surface area contributed by atoms with Gasteiger partial charge >= 0.3 is 0 Å². The lowest BCUT2D eigenvalue weighted by atomic mass is 10.2. The minimum absolute atomic E-state index is 0.407. The first kappa shape index (κ1) is 11.6. The standard InChI is InChI=1S/C10H18N4OS/c1-3-8-7-15-6-5-14(8)9-11-12-10(16)13(9)4-2/h8H,3-7H2,1-2H3,(H,12,16). The van der Waals surface area contributed by atoms with Crippen LogP contribution in [0.3, 0.4) is 0 Å². The van der Waals surface area contributed by atoms with Crippen molar-refractivity contribution in [3.05, 3.63) is 4.77 Å². The van der Waals surface area contributed by atoms with Crippen LogP contribution in [-0.4, -0.2) is 40.6 Å². The maximum Gasteiger partial charge on any atom is 0.226 e. The molecule has 2 heterocycles. The van der Waals surface area contributed by atoms with Gasteiger partial charge in [-0.1, -0.05) is 6.92 Å². The molecule has 1 N–H and O–H groups in total. The summed E-state index contributed by atoms with van der Waals surface area (Å²) >= 11 is 5.20. The molecule has 0 spiro atoms. The SMILES string of the molecule is CCC1COCCN1c1n[nH]c(=S)n1CC. The van der Waals surface area contributed by atoms with Crippen LogP contribution in [0.4, 0.5) is 5.95 Å². The number of ether oxygens (including phenoxy) is 1. The van der Waals surface area contributed by atoms with Crippen molar-refractivity contribution in [3.8, 4) is 0 Å². The van der Waals surface area contributed by atoms with E-state index in [1.807, 2.05) is 4.57 Å². The number of H-pyrrole nitrogens is 1. The van der Waals surface area contributed by atoms with Crippen molar-refractivity contribution in [2.75, 3.05) is 24.7 Å². The Morgan fingerprint density at radius 2 is 2.38 bits per heavy atom. The van der Waals surface area contributed by atoms with Crippen molar-refractivity contribution >= 4 is 18.2 Å². The lowest BCUT2D eigenvalue weighted by Crippen LogP contribution is -2.46. The summed E-state index contributed by atoms with van der Waals surface area (Å²) in [4.78, 5) is 2.29. The molecule has 0 aliphatic carbocycles. The van der Waals surface area contributed by atoms with Crippen LogP contribution in [0.1, 0.15) is 20.3 Å². The molecular formula is C10H18N4OS. The highest BCUT2D eigenvalue weighted by molar-refractivity contribution is 7.71. The first-order valence-electron chi connectivity index (χ1n) is 5.77. The molecule has 1 atom stereocenters. The van der Waals surface area contributed by atoms with E-state index in [0.29, 0.717) is 10.8 Å². The third-order valence-corrected chi connectivity index (χ3v) is 3.32. The van der Waals surface area contributed by atoms with E-state index in [1.54, 1.807) is 0 Å². The zero-order chi connectivity index (χ0) is 11.5. The van der Waals surface area contributed by atoms with Gasteiger partial charge in [0.15, 0.2) is 4.77 Å². The number of nitrogens with zero attached hydrogens (tertiary/aromatic N) is 3. The van der Waals surface area contributed by atoms with Crippen molar-refractivity contribution in [1.82, 2.24) is 14.8 Å². The lowest BCUT2D eigenvalue weighted by molar-refractivity contribution is 0.0917. The second kappa shape index (κ2) is 4.97. The van der Waals surface area contributed by atoms with Crippen LogP contribution < -0.4 is 4.90 Å². The number of hydrogen-bond acceptors (Lipinski definition) is 4. The fraction of sp³-hybridized carbons (Fsp3) is 0.800. The van der Waals surface area contributed by atoms with E-state index in [2.05, 4.69) is 28.9 Å². The van der Waals surface area contributed by atoms with Crippen LogP contribution in [0.2, 0.25) is 0 Å². The molecule has 6 heteroatoms. The Labute approximate surface area is 100 Å². The summed E-state index contributed by atoms with van der Waals surface area (Å²) in [5, 5.41) is 7.19. The van der Waals surface area contributed by atoms with Gasteiger partial charge in [0, 0.05) is 13.1 Å². The van der Waals surface area contributed by atoms with Crippen molar-refractivity contribution in [1.29, 1.82) is 0 Å². The fourth-order valence-corrected chi connectivity index (χ4v) is 2.33. The van der Waals surface area contributed by atoms with E-state index >= 15 is 0 Å². The first-order valence-corrected chi connectivity index (χ1v) is 6.18. The molecule has 0 bridgehead atoms. The quantitative estimate of drug-likeness (QED) is 0.817. The molecule has 1 aliphatic rings. The van der Waals surface area contributed by atoms with Crippen molar-refractivity contribution in [2.24, 2.45) is 0 Å². The highest BCUT2D eigenvalue weighted by atomic mass is 32.1. The number of anilines is 1. The molecule has 0 amide bonds. The molecule has 1 unspecified atom stereocenters. The number of nitrogens with one attached hydrogen (secondary N) is 1. The summed E-state index contributed by atoms with van der Waals surface area (Å²) in [7, 11) is 0. The highest BCUT2D eigenvalue weighted by Crippen LogP contribution is 2.19. The number of morpholine rings is 1. The minimum Gasteiger partial charge on any atom is -0.377 e. The van der Waals surface area contributed by atoms with Crippen molar-refractivity contribution in [3.63, 3.8) is 0 Å². The van der Waals surface area contributed by atoms with Gasteiger partial charge in [-0.3, -0.25) is 4.57 Å². The normalized spacial score (nSPS) is 21.4. The van der Waals surface area contributed by atoms with Crippen LogP contribution >= 0.6 is 12.2 Å². The van der Waals surface area contributed by atoms with E-state index < -0.39 is 0 Å². The van der Waals surface area contributed by atoms with Gasteiger partial charge in [0.05, 0.1) is 19.3 Å². The van der Waals surface area contributed by atoms with Crippen LogP contribution in [0, 0.1) is 4.77 Å². The highest BCUT2D eigenvalue weighted by Gasteiger charge is 2.25. The molecule has 0 radical (unpaired) electrons. The van der Waals surface area contributed by atoms with Crippen LogP contribution in [0.15, 0.2) is 0 Å². The lowest BCUT2D eigenvalue weighted by Gasteiger charge is -2.35. The molecule has 0 aromatic carbocycles.